The van der Waals surface area contributed by atoms with Crippen molar-refractivity contribution in [3.63, 3.8) is 0 Å². The number of carbonyl (C=O) groups is 3. The zero-order valence-electron chi connectivity index (χ0n) is 16.3. The summed E-state index contributed by atoms with van der Waals surface area (Å²) in [6.07, 6.45) is 1.65. The second-order valence-electron chi connectivity index (χ2n) is 7.14. The number of imide groups is 1. The summed E-state index contributed by atoms with van der Waals surface area (Å²) in [6, 6.07) is 5.21. The number of amides is 3. The molecule has 0 bridgehead atoms. The van der Waals surface area contributed by atoms with Crippen molar-refractivity contribution in [2.24, 2.45) is 0 Å². The molecule has 3 rings (SSSR count). The summed E-state index contributed by atoms with van der Waals surface area (Å²) in [5, 5.41) is 8.75. The minimum absolute atomic E-state index is 0.140. The number of carbonyl (C=O) groups excluding carboxylic acids is 3. The Labute approximate surface area is 165 Å². The van der Waals surface area contributed by atoms with Crippen LogP contribution in [0.1, 0.15) is 40.7 Å². The molecule has 2 aliphatic rings. The topological polar surface area (TPSA) is 99.8 Å². The van der Waals surface area contributed by atoms with Gasteiger partial charge in [0, 0.05) is 38.2 Å². The van der Waals surface area contributed by atoms with Crippen LogP contribution in [0.5, 0.6) is 0 Å². The molecule has 3 amide bonds. The summed E-state index contributed by atoms with van der Waals surface area (Å²) >= 11 is 0. The van der Waals surface area contributed by atoms with Crippen LogP contribution in [0.15, 0.2) is 18.2 Å². The molecular weight excluding hydrogens is 360 g/mol. The van der Waals surface area contributed by atoms with Crippen LogP contribution in [-0.4, -0.2) is 62.0 Å². The van der Waals surface area contributed by atoms with E-state index in [1.54, 1.807) is 4.90 Å². The Morgan fingerprint density at radius 3 is 2.86 bits per heavy atom. The predicted octanol–water partition coefficient (Wildman–Crippen LogP) is 0.163. The molecule has 152 valence electrons. The number of rotatable bonds is 10. The lowest BCUT2D eigenvalue weighted by Gasteiger charge is -2.29. The fourth-order valence-electron chi connectivity index (χ4n) is 3.57. The van der Waals surface area contributed by atoms with Crippen molar-refractivity contribution >= 4 is 17.7 Å². The highest BCUT2D eigenvalue weighted by atomic mass is 16.5. The minimum Gasteiger partial charge on any atom is -0.380 e. The highest BCUT2D eigenvalue weighted by Gasteiger charge is 2.38. The molecule has 0 radical (unpaired) electrons. The van der Waals surface area contributed by atoms with E-state index >= 15 is 0 Å². The van der Waals surface area contributed by atoms with Crippen molar-refractivity contribution in [2.75, 3.05) is 33.4 Å². The fraction of sp³-hybridized carbons (Fsp3) is 0.550. The molecule has 8 heteroatoms. The van der Waals surface area contributed by atoms with Gasteiger partial charge in [-0.25, -0.2) is 0 Å². The number of fused-ring (bicyclic) bond motifs is 1. The Morgan fingerprint density at radius 2 is 2.07 bits per heavy atom. The maximum Gasteiger partial charge on any atom is 0.255 e. The number of ether oxygens (including phenoxy) is 1. The van der Waals surface area contributed by atoms with Gasteiger partial charge in [-0.1, -0.05) is 12.1 Å². The maximum atomic E-state index is 12.7. The Morgan fingerprint density at radius 1 is 1.21 bits per heavy atom. The van der Waals surface area contributed by atoms with Gasteiger partial charge in [0.25, 0.3) is 5.91 Å². The first kappa shape index (κ1) is 20.4. The molecule has 2 aliphatic heterocycles. The lowest BCUT2D eigenvalue weighted by Crippen LogP contribution is -2.52. The molecule has 1 aromatic carbocycles. The maximum absolute atomic E-state index is 12.7. The number of hydrogen-bond donors (Lipinski definition) is 3. The van der Waals surface area contributed by atoms with E-state index in [9.17, 15) is 14.4 Å². The molecule has 2 heterocycles. The molecule has 0 aromatic heterocycles. The monoisotopic (exact) mass is 388 g/mol. The van der Waals surface area contributed by atoms with Gasteiger partial charge in [-0.3, -0.25) is 19.7 Å². The summed E-state index contributed by atoms with van der Waals surface area (Å²) in [6.45, 7) is 4.23. The lowest BCUT2D eigenvalue weighted by atomic mass is 10.0. The van der Waals surface area contributed by atoms with Gasteiger partial charge >= 0.3 is 0 Å². The van der Waals surface area contributed by atoms with Gasteiger partial charge in [0.15, 0.2) is 0 Å². The first-order valence-electron chi connectivity index (χ1n) is 9.79. The Hall–Kier alpha value is -2.29. The van der Waals surface area contributed by atoms with Gasteiger partial charge in [-0.15, -0.1) is 0 Å². The van der Waals surface area contributed by atoms with E-state index in [-0.39, 0.29) is 24.1 Å². The molecule has 8 nitrogen and oxygen atoms in total. The number of piperidine rings is 1. The SMILES string of the molecule is CNCCCOCCNCc1ccc2c(c1)CN(C1CCC(=O)NC1=O)C2=O. The van der Waals surface area contributed by atoms with Gasteiger partial charge in [0.05, 0.1) is 6.61 Å². The van der Waals surface area contributed by atoms with Crippen LogP contribution < -0.4 is 16.0 Å². The number of hydrogen-bond acceptors (Lipinski definition) is 6. The van der Waals surface area contributed by atoms with Crippen LogP contribution in [0.3, 0.4) is 0 Å². The number of nitrogens with one attached hydrogen (secondary N) is 3. The Balaban J connectivity index is 1.48. The molecule has 1 unspecified atom stereocenters. The minimum atomic E-state index is -0.570. The summed E-state index contributed by atoms with van der Waals surface area (Å²) < 4.78 is 5.54. The predicted molar refractivity (Wildman–Crippen MR) is 104 cm³/mol. The van der Waals surface area contributed by atoms with E-state index in [1.165, 1.54) is 0 Å². The molecule has 28 heavy (non-hydrogen) atoms. The summed E-state index contributed by atoms with van der Waals surface area (Å²) in [4.78, 5) is 37.7. The van der Waals surface area contributed by atoms with Crippen molar-refractivity contribution in [1.82, 2.24) is 20.9 Å². The van der Waals surface area contributed by atoms with Crippen LogP contribution in [0.2, 0.25) is 0 Å². The van der Waals surface area contributed by atoms with E-state index in [1.807, 2.05) is 25.2 Å². The molecular formula is C20H28N4O4. The van der Waals surface area contributed by atoms with Gasteiger partial charge in [0.2, 0.25) is 11.8 Å². The Bertz CT molecular complexity index is 737. The lowest BCUT2D eigenvalue weighted by molar-refractivity contribution is -0.136. The molecule has 1 aromatic rings. The highest BCUT2D eigenvalue weighted by Crippen LogP contribution is 2.28. The highest BCUT2D eigenvalue weighted by molar-refractivity contribution is 6.05. The van der Waals surface area contributed by atoms with Gasteiger partial charge in [0.1, 0.15) is 6.04 Å². The molecule has 3 N–H and O–H groups in total. The van der Waals surface area contributed by atoms with E-state index in [2.05, 4.69) is 16.0 Å². The summed E-state index contributed by atoms with van der Waals surface area (Å²) in [5.41, 5.74) is 2.66. The van der Waals surface area contributed by atoms with Crippen molar-refractivity contribution in [1.29, 1.82) is 0 Å². The number of nitrogens with zero attached hydrogens (tertiary/aromatic N) is 1. The first-order valence-corrected chi connectivity index (χ1v) is 9.79. The van der Waals surface area contributed by atoms with Crippen LogP contribution in [0.4, 0.5) is 0 Å². The average Bonchev–Trinajstić information content (AvgIpc) is 3.00. The van der Waals surface area contributed by atoms with Crippen LogP contribution in [0, 0.1) is 0 Å². The zero-order chi connectivity index (χ0) is 19.9. The molecule has 1 atom stereocenters. The fourth-order valence-corrected chi connectivity index (χ4v) is 3.57. The van der Waals surface area contributed by atoms with Gasteiger partial charge < -0.3 is 20.3 Å². The van der Waals surface area contributed by atoms with Crippen molar-refractivity contribution in [3.8, 4) is 0 Å². The van der Waals surface area contributed by atoms with Crippen molar-refractivity contribution in [2.45, 2.75) is 38.4 Å². The number of benzene rings is 1. The van der Waals surface area contributed by atoms with Crippen LogP contribution >= 0.6 is 0 Å². The third kappa shape index (κ3) is 4.95. The third-order valence-electron chi connectivity index (χ3n) is 5.06. The summed E-state index contributed by atoms with van der Waals surface area (Å²) in [7, 11) is 1.93. The molecule has 0 aliphatic carbocycles. The van der Waals surface area contributed by atoms with Crippen LogP contribution in [-0.2, 0) is 27.4 Å². The van der Waals surface area contributed by atoms with E-state index in [0.717, 1.165) is 37.2 Å². The third-order valence-corrected chi connectivity index (χ3v) is 5.06. The quantitative estimate of drug-likeness (QED) is 0.390. The molecule has 1 fully saturated rings. The normalized spacial score (nSPS) is 19.1. The van der Waals surface area contributed by atoms with E-state index in [0.29, 0.717) is 31.7 Å². The first-order chi connectivity index (χ1) is 13.6. The standard InChI is InChI=1S/C20H28N4O4/c1-21-7-2-9-28-10-8-22-12-14-3-4-16-15(11-14)13-24(20(16)27)17-5-6-18(25)23-19(17)26/h3-4,11,17,21-22H,2,5-10,12-13H2,1H3,(H,23,25,26). The van der Waals surface area contributed by atoms with Crippen LogP contribution in [0.25, 0.3) is 0 Å². The largest absolute Gasteiger partial charge is 0.380 e. The molecule has 0 saturated carbocycles. The van der Waals surface area contributed by atoms with E-state index in [4.69, 9.17) is 4.74 Å². The van der Waals surface area contributed by atoms with Gasteiger partial charge in [-0.05, 0) is 43.6 Å². The molecule has 0 spiro atoms. The van der Waals surface area contributed by atoms with Crippen molar-refractivity contribution < 1.29 is 19.1 Å². The average molecular weight is 388 g/mol. The second kappa shape index (κ2) is 9.77. The van der Waals surface area contributed by atoms with Gasteiger partial charge in [-0.2, -0.15) is 0 Å². The smallest absolute Gasteiger partial charge is 0.255 e. The molecule has 1 saturated heterocycles. The van der Waals surface area contributed by atoms with E-state index < -0.39 is 6.04 Å². The van der Waals surface area contributed by atoms with Crippen molar-refractivity contribution in [3.05, 3.63) is 34.9 Å². The summed E-state index contributed by atoms with van der Waals surface area (Å²) in [5.74, 6) is -0.794. The Kier molecular flexibility index (Phi) is 7.13. The zero-order valence-corrected chi connectivity index (χ0v) is 16.3. The second-order valence-corrected chi connectivity index (χ2v) is 7.14.